The van der Waals surface area contributed by atoms with Crippen LogP contribution in [0.25, 0.3) is 0 Å². The average molecular weight is 205 g/mol. The third-order valence-electron chi connectivity index (χ3n) is 3.05. The topological polar surface area (TPSA) is 28.2 Å². The highest BCUT2D eigenvalue weighted by molar-refractivity contribution is 5.36. The first-order valence-electron chi connectivity index (χ1n) is 5.71. The highest BCUT2D eigenvalue weighted by Gasteiger charge is 2.22. The van der Waals surface area contributed by atoms with E-state index in [0.29, 0.717) is 6.04 Å². The molecule has 15 heavy (non-hydrogen) atoms. The van der Waals surface area contributed by atoms with E-state index in [0.717, 1.165) is 12.4 Å². The van der Waals surface area contributed by atoms with Gasteiger partial charge in [0.05, 0.1) is 0 Å². The molecule has 0 amide bonds. The molecule has 3 nitrogen and oxygen atoms in total. The Morgan fingerprint density at radius 1 is 1.53 bits per heavy atom. The standard InChI is InChI=1S/C12H19N3/c1-3-13-12-7-6-10(9-14-12)11-5-4-8-15(11)2/h6-7,9,11H,3-5,8H2,1-2H3,(H,13,14)/t11-/m0/s1. The maximum atomic E-state index is 4.41. The van der Waals surface area contributed by atoms with Gasteiger partial charge < -0.3 is 5.32 Å². The zero-order valence-corrected chi connectivity index (χ0v) is 9.53. The van der Waals surface area contributed by atoms with Crippen molar-refractivity contribution in [1.29, 1.82) is 0 Å². The van der Waals surface area contributed by atoms with Gasteiger partial charge in [0.2, 0.25) is 0 Å². The van der Waals surface area contributed by atoms with Crippen LogP contribution in [0.1, 0.15) is 31.4 Å². The van der Waals surface area contributed by atoms with Crippen LogP contribution in [0.3, 0.4) is 0 Å². The molecule has 1 aliphatic heterocycles. The molecule has 82 valence electrons. The van der Waals surface area contributed by atoms with E-state index in [2.05, 4.69) is 41.3 Å². The molecule has 1 saturated heterocycles. The predicted molar refractivity (Wildman–Crippen MR) is 63.0 cm³/mol. The average Bonchev–Trinajstić information content (AvgIpc) is 2.66. The summed E-state index contributed by atoms with van der Waals surface area (Å²) >= 11 is 0. The minimum absolute atomic E-state index is 0.577. The van der Waals surface area contributed by atoms with Crippen LogP contribution in [-0.2, 0) is 0 Å². The molecule has 1 fully saturated rings. The highest BCUT2D eigenvalue weighted by Crippen LogP contribution is 2.29. The third-order valence-corrected chi connectivity index (χ3v) is 3.05. The van der Waals surface area contributed by atoms with E-state index in [1.54, 1.807) is 0 Å². The van der Waals surface area contributed by atoms with E-state index >= 15 is 0 Å². The molecular formula is C12H19N3. The normalized spacial score (nSPS) is 21.9. The van der Waals surface area contributed by atoms with Gasteiger partial charge in [-0.3, -0.25) is 4.90 Å². The molecule has 1 aromatic rings. The summed E-state index contributed by atoms with van der Waals surface area (Å²) < 4.78 is 0. The van der Waals surface area contributed by atoms with E-state index in [4.69, 9.17) is 0 Å². The van der Waals surface area contributed by atoms with Gasteiger partial charge in [-0.15, -0.1) is 0 Å². The fraction of sp³-hybridized carbons (Fsp3) is 0.583. The Hall–Kier alpha value is -1.09. The highest BCUT2D eigenvalue weighted by atomic mass is 15.1. The predicted octanol–water partition coefficient (Wildman–Crippen LogP) is 2.28. The minimum Gasteiger partial charge on any atom is -0.370 e. The first kappa shape index (κ1) is 10.4. The van der Waals surface area contributed by atoms with Crippen LogP contribution in [0.5, 0.6) is 0 Å². The molecular weight excluding hydrogens is 186 g/mol. The van der Waals surface area contributed by atoms with Crippen molar-refractivity contribution in [2.24, 2.45) is 0 Å². The molecule has 0 aliphatic carbocycles. The molecule has 0 saturated carbocycles. The summed E-state index contributed by atoms with van der Waals surface area (Å²) in [5.74, 6) is 0.974. The Kier molecular flexibility index (Phi) is 3.21. The molecule has 1 N–H and O–H groups in total. The van der Waals surface area contributed by atoms with Gasteiger partial charge in [0.15, 0.2) is 0 Å². The van der Waals surface area contributed by atoms with Crippen LogP contribution in [0.2, 0.25) is 0 Å². The lowest BCUT2D eigenvalue weighted by atomic mass is 10.1. The van der Waals surface area contributed by atoms with E-state index < -0.39 is 0 Å². The first-order valence-corrected chi connectivity index (χ1v) is 5.71. The van der Waals surface area contributed by atoms with Gasteiger partial charge in [0.25, 0.3) is 0 Å². The van der Waals surface area contributed by atoms with Crippen molar-refractivity contribution in [3.63, 3.8) is 0 Å². The van der Waals surface area contributed by atoms with Crippen molar-refractivity contribution in [3.8, 4) is 0 Å². The van der Waals surface area contributed by atoms with Gasteiger partial charge in [-0.2, -0.15) is 0 Å². The summed E-state index contributed by atoms with van der Waals surface area (Å²) in [7, 11) is 2.19. The Balaban J connectivity index is 2.09. The van der Waals surface area contributed by atoms with Crippen molar-refractivity contribution in [1.82, 2.24) is 9.88 Å². The second kappa shape index (κ2) is 4.62. The van der Waals surface area contributed by atoms with Gasteiger partial charge in [0, 0.05) is 18.8 Å². The summed E-state index contributed by atoms with van der Waals surface area (Å²) in [6.45, 7) is 4.22. The Bertz CT molecular complexity index is 307. The van der Waals surface area contributed by atoms with Gasteiger partial charge in [0.1, 0.15) is 5.82 Å². The maximum Gasteiger partial charge on any atom is 0.125 e. The molecule has 0 spiro atoms. The molecule has 1 atom stereocenters. The van der Waals surface area contributed by atoms with Crippen molar-refractivity contribution < 1.29 is 0 Å². The molecule has 0 bridgehead atoms. The first-order chi connectivity index (χ1) is 7.31. The third kappa shape index (κ3) is 2.29. The summed E-state index contributed by atoms with van der Waals surface area (Å²) in [5.41, 5.74) is 1.34. The van der Waals surface area contributed by atoms with Crippen LogP contribution in [-0.4, -0.2) is 30.0 Å². The molecule has 0 radical (unpaired) electrons. The quantitative estimate of drug-likeness (QED) is 0.820. The summed E-state index contributed by atoms with van der Waals surface area (Å²) in [4.78, 5) is 6.82. The van der Waals surface area contributed by atoms with Crippen LogP contribution in [0.4, 0.5) is 5.82 Å². The zero-order chi connectivity index (χ0) is 10.7. The van der Waals surface area contributed by atoms with Crippen molar-refractivity contribution in [2.75, 3.05) is 25.5 Å². The Morgan fingerprint density at radius 3 is 2.93 bits per heavy atom. The molecule has 3 heteroatoms. The SMILES string of the molecule is CCNc1ccc([C@@H]2CCCN2C)cn1. The molecule has 1 aromatic heterocycles. The zero-order valence-electron chi connectivity index (χ0n) is 9.53. The molecule has 1 aliphatic rings. The number of nitrogens with one attached hydrogen (secondary N) is 1. The summed E-state index contributed by atoms with van der Waals surface area (Å²) in [6, 6.07) is 4.84. The molecule has 0 aromatic carbocycles. The number of hydrogen-bond donors (Lipinski definition) is 1. The monoisotopic (exact) mass is 205 g/mol. The molecule has 2 rings (SSSR count). The minimum atomic E-state index is 0.577. The lowest BCUT2D eigenvalue weighted by molar-refractivity contribution is 0.317. The van der Waals surface area contributed by atoms with Gasteiger partial charge in [-0.05, 0) is 45.0 Å². The van der Waals surface area contributed by atoms with Gasteiger partial charge in [-0.1, -0.05) is 6.07 Å². The van der Waals surface area contributed by atoms with Crippen molar-refractivity contribution in [2.45, 2.75) is 25.8 Å². The van der Waals surface area contributed by atoms with Gasteiger partial charge in [-0.25, -0.2) is 4.98 Å². The number of rotatable bonds is 3. The summed E-state index contributed by atoms with van der Waals surface area (Å²) in [5, 5.41) is 3.21. The van der Waals surface area contributed by atoms with Crippen molar-refractivity contribution >= 4 is 5.82 Å². The number of hydrogen-bond acceptors (Lipinski definition) is 3. The molecule has 0 unspecified atom stereocenters. The van der Waals surface area contributed by atoms with E-state index in [1.807, 2.05) is 6.20 Å². The lowest BCUT2D eigenvalue weighted by Crippen LogP contribution is -2.17. The number of anilines is 1. The van der Waals surface area contributed by atoms with Crippen molar-refractivity contribution in [3.05, 3.63) is 23.9 Å². The number of pyridine rings is 1. The smallest absolute Gasteiger partial charge is 0.125 e. The van der Waals surface area contributed by atoms with Crippen LogP contribution < -0.4 is 5.32 Å². The Labute approximate surface area is 91.5 Å². The van der Waals surface area contributed by atoms with Gasteiger partial charge >= 0.3 is 0 Å². The molecule has 2 heterocycles. The summed E-state index contributed by atoms with van der Waals surface area (Å²) in [6.07, 6.45) is 4.57. The van der Waals surface area contributed by atoms with Crippen LogP contribution >= 0.6 is 0 Å². The fourth-order valence-electron chi connectivity index (χ4n) is 2.22. The largest absolute Gasteiger partial charge is 0.370 e. The van der Waals surface area contributed by atoms with E-state index in [-0.39, 0.29) is 0 Å². The Morgan fingerprint density at radius 2 is 2.40 bits per heavy atom. The van der Waals surface area contributed by atoms with Crippen LogP contribution in [0.15, 0.2) is 18.3 Å². The van der Waals surface area contributed by atoms with E-state index in [9.17, 15) is 0 Å². The second-order valence-electron chi connectivity index (χ2n) is 4.15. The van der Waals surface area contributed by atoms with Crippen LogP contribution in [0, 0.1) is 0 Å². The number of nitrogens with zero attached hydrogens (tertiary/aromatic N) is 2. The lowest BCUT2D eigenvalue weighted by Gasteiger charge is -2.19. The number of aromatic nitrogens is 1. The van der Waals surface area contributed by atoms with E-state index in [1.165, 1.54) is 24.9 Å². The second-order valence-corrected chi connectivity index (χ2v) is 4.15. The fourth-order valence-corrected chi connectivity index (χ4v) is 2.22. The number of likely N-dealkylation sites (tertiary alicyclic amines) is 1. The maximum absolute atomic E-state index is 4.41.